The monoisotopic (exact) mass is 255 g/mol. The van der Waals surface area contributed by atoms with Crippen LogP contribution in [0.5, 0.6) is 0 Å². The predicted octanol–water partition coefficient (Wildman–Crippen LogP) is 1.24. The lowest BCUT2D eigenvalue weighted by molar-refractivity contribution is 0.0768. The van der Waals surface area contributed by atoms with Gasteiger partial charge in [0.15, 0.2) is 10.8 Å². The topological polar surface area (TPSA) is 55.3 Å². The van der Waals surface area contributed by atoms with Gasteiger partial charge in [-0.25, -0.2) is 0 Å². The van der Waals surface area contributed by atoms with Crippen LogP contribution in [0.3, 0.4) is 0 Å². The van der Waals surface area contributed by atoms with E-state index in [0.717, 1.165) is 19.5 Å². The minimum absolute atomic E-state index is 0.0900. The fraction of sp³-hybridized carbons (Fsp3) is 0.545. The van der Waals surface area contributed by atoms with Crippen molar-refractivity contribution < 1.29 is 9.53 Å². The van der Waals surface area contributed by atoms with Gasteiger partial charge in [0.1, 0.15) is 0 Å². The van der Waals surface area contributed by atoms with Crippen molar-refractivity contribution in [1.82, 2.24) is 15.1 Å². The first-order chi connectivity index (χ1) is 8.20. The Morgan fingerprint density at radius 2 is 2.41 bits per heavy atom. The highest BCUT2D eigenvalue weighted by Crippen LogP contribution is 2.18. The molecule has 2 heterocycles. The van der Waals surface area contributed by atoms with Crippen molar-refractivity contribution in [1.29, 1.82) is 0 Å². The predicted molar refractivity (Wildman–Crippen MR) is 62.9 cm³/mol. The Morgan fingerprint density at radius 3 is 3.06 bits per heavy atom. The van der Waals surface area contributed by atoms with Gasteiger partial charge in [0.2, 0.25) is 0 Å². The molecule has 1 atom stereocenters. The lowest BCUT2D eigenvalue weighted by Crippen LogP contribution is -2.30. The van der Waals surface area contributed by atoms with E-state index in [9.17, 15) is 4.79 Å². The van der Waals surface area contributed by atoms with Crippen LogP contribution in [-0.2, 0) is 4.74 Å². The second-order valence-corrected chi connectivity index (χ2v) is 4.49. The first-order valence-electron chi connectivity index (χ1n) is 5.48. The molecule has 1 aliphatic heterocycles. The van der Waals surface area contributed by atoms with Gasteiger partial charge in [-0.2, -0.15) is 0 Å². The SMILES string of the molecule is COCC1CCN(C(=O)c2ccc(Cl)nn2)C1. The Morgan fingerprint density at radius 1 is 1.59 bits per heavy atom. The van der Waals surface area contributed by atoms with Crippen LogP contribution in [0.2, 0.25) is 5.15 Å². The van der Waals surface area contributed by atoms with Crippen molar-refractivity contribution >= 4 is 17.5 Å². The number of carbonyl (C=O) groups is 1. The summed E-state index contributed by atoms with van der Waals surface area (Å²) in [6, 6.07) is 3.17. The Balaban J connectivity index is 1.99. The zero-order chi connectivity index (χ0) is 12.3. The third kappa shape index (κ3) is 2.92. The number of nitrogens with zero attached hydrogens (tertiary/aromatic N) is 3. The molecule has 1 unspecified atom stereocenters. The first kappa shape index (κ1) is 12.3. The highest BCUT2D eigenvalue weighted by molar-refractivity contribution is 6.29. The normalized spacial score (nSPS) is 19.6. The highest BCUT2D eigenvalue weighted by Gasteiger charge is 2.27. The first-order valence-corrected chi connectivity index (χ1v) is 5.86. The summed E-state index contributed by atoms with van der Waals surface area (Å²) in [7, 11) is 1.68. The lowest BCUT2D eigenvalue weighted by atomic mass is 10.1. The van der Waals surface area contributed by atoms with E-state index in [-0.39, 0.29) is 5.91 Å². The third-order valence-electron chi connectivity index (χ3n) is 2.83. The Labute approximate surface area is 105 Å². The standard InChI is InChI=1S/C11H14ClN3O2/c1-17-7-8-4-5-15(6-8)11(16)9-2-3-10(12)14-13-9/h2-3,8H,4-7H2,1H3. The molecule has 0 aliphatic carbocycles. The van der Waals surface area contributed by atoms with Crippen LogP contribution < -0.4 is 0 Å². The summed E-state index contributed by atoms with van der Waals surface area (Å²) in [5, 5.41) is 7.75. The van der Waals surface area contributed by atoms with E-state index in [1.165, 1.54) is 0 Å². The average Bonchev–Trinajstić information content (AvgIpc) is 2.78. The van der Waals surface area contributed by atoms with Gasteiger partial charge in [-0.3, -0.25) is 4.79 Å². The number of ether oxygens (including phenoxy) is 1. The molecule has 0 aromatic carbocycles. The molecule has 2 rings (SSSR count). The second-order valence-electron chi connectivity index (χ2n) is 4.10. The molecule has 5 nitrogen and oxygen atoms in total. The molecule has 0 spiro atoms. The summed E-state index contributed by atoms with van der Waals surface area (Å²) in [6.45, 7) is 2.16. The smallest absolute Gasteiger partial charge is 0.274 e. The molecular formula is C11H14ClN3O2. The van der Waals surface area contributed by atoms with Crippen LogP contribution in [0.1, 0.15) is 16.9 Å². The van der Waals surface area contributed by atoms with Crippen molar-refractivity contribution in [3.8, 4) is 0 Å². The number of halogens is 1. The van der Waals surface area contributed by atoms with Crippen LogP contribution in [-0.4, -0.2) is 47.8 Å². The van der Waals surface area contributed by atoms with Crippen molar-refractivity contribution in [3.05, 3.63) is 23.0 Å². The Bertz CT molecular complexity index is 396. The van der Waals surface area contributed by atoms with Crippen LogP contribution in [0.4, 0.5) is 0 Å². The fourth-order valence-corrected chi connectivity index (χ4v) is 2.08. The molecule has 1 aromatic heterocycles. The molecule has 1 aromatic rings. The lowest BCUT2D eigenvalue weighted by Gasteiger charge is -2.15. The number of amides is 1. The van der Waals surface area contributed by atoms with Gasteiger partial charge >= 0.3 is 0 Å². The van der Waals surface area contributed by atoms with Crippen LogP contribution in [0, 0.1) is 5.92 Å². The maximum Gasteiger partial charge on any atom is 0.274 e. The summed E-state index contributed by atoms with van der Waals surface area (Å²) in [4.78, 5) is 13.8. The molecule has 0 N–H and O–H groups in total. The van der Waals surface area contributed by atoms with E-state index in [0.29, 0.717) is 23.4 Å². The molecule has 17 heavy (non-hydrogen) atoms. The van der Waals surface area contributed by atoms with Gasteiger partial charge < -0.3 is 9.64 Å². The molecule has 1 fully saturated rings. The van der Waals surface area contributed by atoms with Crippen LogP contribution >= 0.6 is 11.6 Å². The minimum Gasteiger partial charge on any atom is -0.384 e. The summed E-state index contributed by atoms with van der Waals surface area (Å²) < 4.78 is 5.09. The van der Waals surface area contributed by atoms with E-state index in [4.69, 9.17) is 16.3 Å². The van der Waals surface area contributed by atoms with E-state index in [1.807, 2.05) is 0 Å². The number of rotatable bonds is 3. The van der Waals surface area contributed by atoms with Crippen LogP contribution in [0.25, 0.3) is 0 Å². The number of aromatic nitrogens is 2. The third-order valence-corrected chi connectivity index (χ3v) is 3.03. The molecule has 0 bridgehead atoms. The van der Waals surface area contributed by atoms with Crippen molar-refractivity contribution in [2.45, 2.75) is 6.42 Å². The second kappa shape index (κ2) is 5.42. The Kier molecular flexibility index (Phi) is 3.91. The van der Waals surface area contributed by atoms with Crippen molar-refractivity contribution in [3.63, 3.8) is 0 Å². The van der Waals surface area contributed by atoms with Gasteiger partial charge in [0.25, 0.3) is 5.91 Å². The number of hydrogen-bond donors (Lipinski definition) is 0. The molecule has 6 heteroatoms. The largest absolute Gasteiger partial charge is 0.384 e. The summed E-state index contributed by atoms with van der Waals surface area (Å²) >= 11 is 5.63. The van der Waals surface area contributed by atoms with Gasteiger partial charge in [-0.05, 0) is 18.6 Å². The summed E-state index contributed by atoms with van der Waals surface area (Å²) in [5.41, 5.74) is 0.340. The maximum absolute atomic E-state index is 12.0. The number of likely N-dealkylation sites (tertiary alicyclic amines) is 1. The molecule has 0 saturated carbocycles. The maximum atomic E-state index is 12.0. The molecule has 1 saturated heterocycles. The van der Waals surface area contributed by atoms with Crippen molar-refractivity contribution in [2.24, 2.45) is 5.92 Å². The minimum atomic E-state index is -0.0900. The molecule has 0 radical (unpaired) electrons. The van der Waals surface area contributed by atoms with E-state index < -0.39 is 0 Å². The zero-order valence-corrected chi connectivity index (χ0v) is 10.4. The van der Waals surface area contributed by atoms with Gasteiger partial charge in [0.05, 0.1) is 6.61 Å². The zero-order valence-electron chi connectivity index (χ0n) is 9.60. The van der Waals surface area contributed by atoms with E-state index in [1.54, 1.807) is 24.1 Å². The molecule has 1 aliphatic rings. The van der Waals surface area contributed by atoms with Gasteiger partial charge in [-0.1, -0.05) is 11.6 Å². The Hall–Kier alpha value is -1.20. The van der Waals surface area contributed by atoms with E-state index >= 15 is 0 Å². The van der Waals surface area contributed by atoms with Gasteiger partial charge in [0, 0.05) is 26.1 Å². The molecule has 1 amide bonds. The number of methoxy groups -OCH3 is 1. The summed E-state index contributed by atoms with van der Waals surface area (Å²) in [5.74, 6) is 0.331. The number of hydrogen-bond acceptors (Lipinski definition) is 4. The number of carbonyl (C=O) groups excluding carboxylic acids is 1. The summed E-state index contributed by atoms with van der Waals surface area (Å²) in [6.07, 6.45) is 0.973. The molecular weight excluding hydrogens is 242 g/mol. The highest BCUT2D eigenvalue weighted by atomic mass is 35.5. The fourth-order valence-electron chi connectivity index (χ4n) is 1.98. The average molecular weight is 256 g/mol. The van der Waals surface area contributed by atoms with Crippen LogP contribution in [0.15, 0.2) is 12.1 Å². The van der Waals surface area contributed by atoms with E-state index in [2.05, 4.69) is 10.2 Å². The quantitative estimate of drug-likeness (QED) is 0.815. The molecule has 92 valence electrons. The van der Waals surface area contributed by atoms with Crippen molar-refractivity contribution in [2.75, 3.05) is 26.8 Å². The van der Waals surface area contributed by atoms with Gasteiger partial charge in [-0.15, -0.1) is 10.2 Å².